The van der Waals surface area contributed by atoms with Crippen molar-refractivity contribution in [1.82, 2.24) is 4.90 Å². The molecule has 0 unspecified atom stereocenters. The highest BCUT2D eigenvalue weighted by Crippen LogP contribution is 2.00. The number of hydrogen-bond acceptors (Lipinski definition) is 1. The van der Waals surface area contributed by atoms with Crippen molar-refractivity contribution < 1.29 is 5.11 Å². The maximum Gasteiger partial charge on any atom is 0.161 e. The van der Waals surface area contributed by atoms with E-state index in [2.05, 4.69) is 0 Å². The molecule has 0 bridgehead atoms. The van der Waals surface area contributed by atoms with Gasteiger partial charge >= 0.3 is 0 Å². The second kappa shape index (κ2) is 3.36. The molecule has 0 N–H and O–H groups in total. The minimum Gasteiger partial charge on any atom is -0.378 e. The lowest BCUT2D eigenvalue weighted by atomic mass is 10.3. The van der Waals surface area contributed by atoms with Gasteiger partial charge in [0.1, 0.15) is 0 Å². The van der Waals surface area contributed by atoms with E-state index < -0.39 is 0 Å². The molecule has 0 aliphatic carbocycles. The molecule has 0 aliphatic heterocycles. The van der Waals surface area contributed by atoms with Gasteiger partial charge in [-0.25, -0.2) is 0 Å². The summed E-state index contributed by atoms with van der Waals surface area (Å²) < 4.78 is 0. The molecule has 0 aliphatic rings. The number of nitrogens with zero attached hydrogens (tertiary/aromatic N) is 1. The summed E-state index contributed by atoms with van der Waals surface area (Å²) in [4.78, 5) is 1.83. The Bertz CT molecular complexity index is 86.5. The summed E-state index contributed by atoms with van der Waals surface area (Å²) in [6, 6.07) is 0. The van der Waals surface area contributed by atoms with Gasteiger partial charge in [0.15, 0.2) is 6.26 Å². The average molecular weight is 114 g/mol. The van der Waals surface area contributed by atoms with E-state index in [1.165, 1.54) is 0 Å². The Morgan fingerprint density at radius 2 is 2.12 bits per heavy atom. The van der Waals surface area contributed by atoms with E-state index in [1.807, 2.05) is 25.9 Å². The van der Waals surface area contributed by atoms with Gasteiger partial charge in [0.05, 0.1) is 5.70 Å². The predicted molar refractivity (Wildman–Crippen MR) is 32.7 cm³/mol. The zero-order valence-electron chi connectivity index (χ0n) is 5.64. The van der Waals surface area contributed by atoms with Crippen LogP contribution < -0.4 is 0 Å². The molecule has 2 heteroatoms. The van der Waals surface area contributed by atoms with E-state index in [4.69, 9.17) is 0 Å². The van der Waals surface area contributed by atoms with Crippen LogP contribution in [0.4, 0.5) is 0 Å². The summed E-state index contributed by atoms with van der Waals surface area (Å²) in [6.45, 7) is 1.96. The van der Waals surface area contributed by atoms with Crippen molar-refractivity contribution in [3.05, 3.63) is 12.0 Å². The summed E-state index contributed by atoms with van der Waals surface area (Å²) in [5, 5.41) is 10.1. The molecule has 0 aromatic carbocycles. The smallest absolute Gasteiger partial charge is 0.161 e. The van der Waals surface area contributed by atoms with Gasteiger partial charge in [-0.2, -0.15) is 0 Å². The van der Waals surface area contributed by atoms with E-state index in [-0.39, 0.29) is 0 Å². The lowest BCUT2D eigenvalue weighted by molar-refractivity contribution is 0.324. The molecule has 0 amide bonds. The van der Waals surface area contributed by atoms with Crippen molar-refractivity contribution >= 4 is 0 Å². The van der Waals surface area contributed by atoms with Gasteiger partial charge in [0.25, 0.3) is 0 Å². The van der Waals surface area contributed by atoms with Crippen molar-refractivity contribution in [2.24, 2.45) is 0 Å². The lowest BCUT2D eigenvalue weighted by Gasteiger charge is -2.11. The van der Waals surface area contributed by atoms with Crippen LogP contribution in [0.5, 0.6) is 0 Å². The first kappa shape index (κ1) is 7.34. The Morgan fingerprint density at radius 1 is 1.62 bits per heavy atom. The van der Waals surface area contributed by atoms with Gasteiger partial charge in [-0.05, 0) is 6.42 Å². The molecule has 0 aromatic heterocycles. The van der Waals surface area contributed by atoms with Gasteiger partial charge in [-0.1, -0.05) is 6.92 Å². The van der Waals surface area contributed by atoms with Crippen molar-refractivity contribution in [2.75, 3.05) is 14.1 Å². The quantitative estimate of drug-likeness (QED) is 0.495. The van der Waals surface area contributed by atoms with Crippen LogP contribution in [0.25, 0.3) is 0 Å². The van der Waals surface area contributed by atoms with Crippen LogP contribution in [0.15, 0.2) is 12.0 Å². The molecule has 0 spiro atoms. The summed E-state index contributed by atoms with van der Waals surface area (Å²) in [7, 11) is 3.74. The minimum absolute atomic E-state index is 0.816. The number of allylic oxidation sites excluding steroid dienone is 1. The zero-order valence-corrected chi connectivity index (χ0v) is 5.64. The maximum absolute atomic E-state index is 10.1. The third kappa shape index (κ3) is 1.87. The van der Waals surface area contributed by atoms with Crippen LogP contribution in [0, 0.1) is 0 Å². The van der Waals surface area contributed by atoms with Crippen LogP contribution >= 0.6 is 0 Å². The molecular weight excluding hydrogens is 102 g/mol. The minimum atomic E-state index is 0.816. The van der Waals surface area contributed by atoms with Crippen molar-refractivity contribution in [2.45, 2.75) is 13.3 Å². The summed E-state index contributed by atoms with van der Waals surface area (Å²) in [6.07, 6.45) is 1.70. The monoisotopic (exact) mass is 114 g/mol. The van der Waals surface area contributed by atoms with E-state index in [1.54, 1.807) is 0 Å². The lowest BCUT2D eigenvalue weighted by Crippen LogP contribution is -2.09. The first-order chi connectivity index (χ1) is 3.72. The second-order valence-electron chi connectivity index (χ2n) is 1.86. The van der Waals surface area contributed by atoms with Crippen LogP contribution in [0.1, 0.15) is 13.3 Å². The second-order valence-corrected chi connectivity index (χ2v) is 1.86. The zero-order chi connectivity index (χ0) is 6.57. The van der Waals surface area contributed by atoms with Gasteiger partial charge in [-0.3, -0.25) is 5.11 Å². The molecule has 47 valence electrons. The maximum atomic E-state index is 10.1. The Labute approximate surface area is 50.4 Å². The largest absolute Gasteiger partial charge is 0.378 e. The number of rotatable bonds is 2. The summed E-state index contributed by atoms with van der Waals surface area (Å²) >= 11 is 0. The predicted octanol–water partition coefficient (Wildman–Crippen LogP) is 1.23. The Hall–Kier alpha value is -0.660. The Balaban J connectivity index is 3.72. The molecule has 2 nitrogen and oxygen atoms in total. The molecule has 0 saturated carbocycles. The van der Waals surface area contributed by atoms with E-state index in [0.717, 1.165) is 18.4 Å². The molecular formula is C6H12NO. The van der Waals surface area contributed by atoms with Gasteiger partial charge in [0, 0.05) is 14.1 Å². The molecule has 0 aromatic rings. The average Bonchev–Trinajstić information content (AvgIpc) is 1.69. The number of hydrogen-bond donors (Lipinski definition) is 0. The SMILES string of the molecule is CCC(=C[O])N(C)C. The molecule has 0 heterocycles. The molecule has 0 atom stereocenters. The van der Waals surface area contributed by atoms with Crippen LogP contribution in [0.2, 0.25) is 0 Å². The van der Waals surface area contributed by atoms with E-state index in [9.17, 15) is 5.11 Å². The van der Waals surface area contributed by atoms with Gasteiger partial charge < -0.3 is 4.90 Å². The van der Waals surface area contributed by atoms with Gasteiger partial charge in [0.2, 0.25) is 0 Å². The highest BCUT2D eigenvalue weighted by Gasteiger charge is 1.93. The molecule has 0 rings (SSSR count). The molecule has 8 heavy (non-hydrogen) atoms. The van der Waals surface area contributed by atoms with E-state index in [0.29, 0.717) is 0 Å². The first-order valence-corrected chi connectivity index (χ1v) is 2.70. The third-order valence-corrected chi connectivity index (χ3v) is 1.07. The van der Waals surface area contributed by atoms with Crippen molar-refractivity contribution in [1.29, 1.82) is 0 Å². The topological polar surface area (TPSA) is 23.1 Å². The highest BCUT2D eigenvalue weighted by atomic mass is 16.2. The van der Waals surface area contributed by atoms with E-state index >= 15 is 0 Å². The summed E-state index contributed by atoms with van der Waals surface area (Å²) in [5.74, 6) is 0. The fourth-order valence-electron chi connectivity index (χ4n) is 0.505. The van der Waals surface area contributed by atoms with Gasteiger partial charge in [-0.15, -0.1) is 0 Å². The Morgan fingerprint density at radius 3 is 2.12 bits per heavy atom. The van der Waals surface area contributed by atoms with Crippen LogP contribution in [0.3, 0.4) is 0 Å². The molecule has 0 saturated heterocycles. The van der Waals surface area contributed by atoms with Crippen LogP contribution in [-0.2, 0) is 5.11 Å². The first-order valence-electron chi connectivity index (χ1n) is 2.70. The third-order valence-electron chi connectivity index (χ3n) is 1.07. The standard InChI is InChI=1S/C6H12NO/c1-4-6(5-8)7(2)3/h5H,4H2,1-3H3. The van der Waals surface area contributed by atoms with Crippen molar-refractivity contribution in [3.8, 4) is 0 Å². The van der Waals surface area contributed by atoms with Crippen LogP contribution in [-0.4, -0.2) is 19.0 Å². The molecule has 1 radical (unpaired) electrons. The fourth-order valence-corrected chi connectivity index (χ4v) is 0.505. The fraction of sp³-hybridized carbons (Fsp3) is 0.667. The highest BCUT2D eigenvalue weighted by molar-refractivity contribution is 4.91. The normalized spacial score (nSPS) is 11.6. The van der Waals surface area contributed by atoms with Crippen molar-refractivity contribution in [3.63, 3.8) is 0 Å². The summed E-state index contributed by atoms with van der Waals surface area (Å²) in [5.41, 5.74) is 0.838. The Kier molecular flexibility index (Phi) is 3.08. The molecule has 0 fully saturated rings.